The summed E-state index contributed by atoms with van der Waals surface area (Å²) in [4.78, 5) is 11.9. The Morgan fingerprint density at radius 3 is 1.12 bits per heavy atom. The van der Waals surface area contributed by atoms with Crippen molar-refractivity contribution < 1.29 is 18.1 Å². The van der Waals surface area contributed by atoms with E-state index in [1.165, 1.54) is 0 Å². The van der Waals surface area contributed by atoms with Crippen LogP contribution in [0.25, 0.3) is 0 Å². The van der Waals surface area contributed by atoms with Crippen molar-refractivity contribution in [3.8, 4) is 17.2 Å². The Hall–Kier alpha value is -1.06. The zero-order valence-corrected chi connectivity index (χ0v) is 26.4. The van der Waals surface area contributed by atoms with Crippen LogP contribution in [0.4, 0.5) is 0 Å². The predicted molar refractivity (Wildman–Crippen MR) is 145 cm³/mol. The molecule has 0 N–H and O–H groups in total. The fraction of sp³-hybridized carbons (Fsp3) is 0.720. The van der Waals surface area contributed by atoms with Crippen molar-refractivity contribution in [3.63, 3.8) is 0 Å². The number of carbonyl (C=O) groups excluding carboxylic acids is 1. The predicted octanol–water partition coefficient (Wildman–Crippen LogP) is 8.65. The minimum Gasteiger partial charge on any atom is -0.541 e. The molecule has 0 fully saturated rings. The molecule has 184 valence electrons. The highest BCUT2D eigenvalue weighted by atomic mass is 28.4. The van der Waals surface area contributed by atoms with Crippen molar-refractivity contribution >= 4 is 31.2 Å². The summed E-state index contributed by atoms with van der Waals surface area (Å²) in [5, 5.41) is 0.0383. The molecule has 0 aliphatic heterocycles. The molecule has 1 rings (SSSR count). The van der Waals surface area contributed by atoms with Gasteiger partial charge in [0.1, 0.15) is 17.8 Å². The Bertz CT molecular complexity index is 774. The van der Waals surface area contributed by atoms with Gasteiger partial charge in [-0.25, -0.2) is 0 Å². The van der Waals surface area contributed by atoms with E-state index in [2.05, 4.69) is 102 Å². The van der Waals surface area contributed by atoms with Gasteiger partial charge in [-0.05, 0) is 66.5 Å². The van der Waals surface area contributed by atoms with Crippen LogP contribution in [0.15, 0.2) is 12.1 Å². The minimum atomic E-state index is -2.20. The van der Waals surface area contributed by atoms with E-state index in [0.717, 1.165) is 6.29 Å². The Balaban J connectivity index is 3.82. The summed E-state index contributed by atoms with van der Waals surface area (Å²) in [7, 11) is -6.55. The van der Waals surface area contributed by atoms with Gasteiger partial charge < -0.3 is 13.3 Å². The van der Waals surface area contributed by atoms with Crippen LogP contribution in [0.1, 0.15) is 72.7 Å². The lowest BCUT2D eigenvalue weighted by molar-refractivity contribution is 0.112. The van der Waals surface area contributed by atoms with Gasteiger partial charge in [0.25, 0.3) is 25.0 Å². The van der Waals surface area contributed by atoms with E-state index in [-0.39, 0.29) is 15.1 Å². The molecule has 1 aromatic carbocycles. The maximum absolute atomic E-state index is 11.9. The molecule has 32 heavy (non-hydrogen) atoms. The first-order chi connectivity index (χ1) is 14.0. The Labute approximate surface area is 200 Å². The maximum Gasteiger partial charge on any atom is 0.250 e. The van der Waals surface area contributed by atoms with Gasteiger partial charge >= 0.3 is 0 Å². The van der Waals surface area contributed by atoms with E-state index in [1.54, 1.807) is 0 Å². The molecule has 0 spiro atoms. The largest absolute Gasteiger partial charge is 0.541 e. The second-order valence-corrected chi connectivity index (χ2v) is 27.7. The van der Waals surface area contributed by atoms with Crippen molar-refractivity contribution in [2.45, 2.75) is 117 Å². The van der Waals surface area contributed by atoms with Crippen molar-refractivity contribution in [1.82, 2.24) is 0 Å². The van der Waals surface area contributed by atoms with Crippen molar-refractivity contribution in [2.24, 2.45) is 0 Å². The molecule has 0 saturated heterocycles. The van der Waals surface area contributed by atoms with E-state index in [4.69, 9.17) is 13.3 Å². The molecule has 0 amide bonds. The van der Waals surface area contributed by atoms with E-state index >= 15 is 0 Å². The molecule has 0 bridgehead atoms. The molecule has 0 heterocycles. The minimum absolute atomic E-state index is 0.0127. The van der Waals surface area contributed by atoms with Gasteiger partial charge in [0, 0.05) is 5.56 Å². The molecular weight excluding hydrogens is 449 g/mol. The van der Waals surface area contributed by atoms with Crippen LogP contribution in [0.3, 0.4) is 0 Å². The number of aldehydes is 1. The number of hydrogen-bond acceptors (Lipinski definition) is 4. The van der Waals surface area contributed by atoms with Crippen LogP contribution in [-0.4, -0.2) is 31.2 Å². The lowest BCUT2D eigenvalue weighted by atomic mass is 10.2. The van der Waals surface area contributed by atoms with Gasteiger partial charge in [-0.15, -0.1) is 0 Å². The number of rotatable bonds is 7. The van der Waals surface area contributed by atoms with E-state index in [9.17, 15) is 4.79 Å². The molecule has 4 nitrogen and oxygen atoms in total. The molecule has 0 unspecified atom stereocenters. The van der Waals surface area contributed by atoms with E-state index < -0.39 is 25.0 Å². The monoisotopic (exact) mass is 496 g/mol. The first-order valence-corrected chi connectivity index (χ1v) is 20.4. The van der Waals surface area contributed by atoms with Gasteiger partial charge in [0.2, 0.25) is 0 Å². The third kappa shape index (κ3) is 6.50. The zero-order chi connectivity index (χ0) is 25.6. The number of carbonyl (C=O) groups is 1. The topological polar surface area (TPSA) is 44.8 Å². The number of hydrogen-bond donors (Lipinski definition) is 0. The fourth-order valence-electron chi connectivity index (χ4n) is 2.18. The highest BCUT2D eigenvalue weighted by Gasteiger charge is 2.44. The highest BCUT2D eigenvalue weighted by molar-refractivity contribution is 6.76. The summed E-state index contributed by atoms with van der Waals surface area (Å²) in [6.45, 7) is 33.3. The van der Waals surface area contributed by atoms with Gasteiger partial charge in [-0.2, -0.15) is 0 Å². The Morgan fingerprint density at radius 1 is 0.594 bits per heavy atom. The quantitative estimate of drug-likeness (QED) is 0.280. The SMILES string of the molecule is CC(C)(C)[Si](C)(C)Oc1cc(C=O)cc(O[Si](C)(C)C(C)(C)C)c1O[Si](C)(C)C(C)(C)C. The summed E-state index contributed by atoms with van der Waals surface area (Å²) >= 11 is 0. The molecule has 0 aromatic heterocycles. The number of benzene rings is 1. The smallest absolute Gasteiger partial charge is 0.250 e. The molecule has 0 atom stereocenters. The first-order valence-electron chi connectivity index (χ1n) is 11.7. The summed E-state index contributed by atoms with van der Waals surface area (Å²) in [5.74, 6) is 1.94. The van der Waals surface area contributed by atoms with Crippen LogP contribution in [0.2, 0.25) is 54.4 Å². The van der Waals surface area contributed by atoms with Crippen molar-refractivity contribution in [2.75, 3.05) is 0 Å². The summed E-state index contributed by atoms with van der Waals surface area (Å²) in [6, 6.07) is 3.66. The summed E-state index contributed by atoms with van der Waals surface area (Å²) in [6.07, 6.45) is 0.868. The molecule has 1 aromatic rings. The van der Waals surface area contributed by atoms with Gasteiger partial charge in [0.15, 0.2) is 5.75 Å². The average Bonchev–Trinajstić information content (AvgIpc) is 2.53. The second-order valence-electron chi connectivity index (χ2n) is 13.6. The van der Waals surface area contributed by atoms with Crippen molar-refractivity contribution in [1.29, 1.82) is 0 Å². The van der Waals surface area contributed by atoms with Gasteiger partial charge in [-0.1, -0.05) is 62.3 Å². The highest BCUT2D eigenvalue weighted by Crippen LogP contribution is 2.49. The average molecular weight is 497 g/mol. The van der Waals surface area contributed by atoms with Gasteiger partial charge in [0.05, 0.1) is 0 Å². The van der Waals surface area contributed by atoms with E-state index in [0.29, 0.717) is 22.8 Å². The third-order valence-electron chi connectivity index (χ3n) is 7.69. The summed E-state index contributed by atoms with van der Waals surface area (Å²) < 4.78 is 20.4. The standard InChI is InChI=1S/C25H48O4Si3/c1-23(2,3)30(10,11)27-20-16-19(18-26)17-21(28-31(12,13)24(4,5)6)22(20)29-32(14,15)25(7,8)9/h16-18H,1-15H3. The van der Waals surface area contributed by atoms with Crippen molar-refractivity contribution in [3.05, 3.63) is 17.7 Å². The summed E-state index contributed by atoms with van der Waals surface area (Å²) in [5.41, 5.74) is 0.551. The Kier molecular flexibility index (Phi) is 8.10. The maximum atomic E-state index is 11.9. The third-order valence-corrected chi connectivity index (χ3v) is 20.7. The van der Waals surface area contributed by atoms with Crippen LogP contribution in [0, 0.1) is 0 Å². The molecule has 0 radical (unpaired) electrons. The lowest BCUT2D eigenvalue weighted by Gasteiger charge is -2.42. The molecule has 0 saturated carbocycles. The lowest BCUT2D eigenvalue weighted by Crippen LogP contribution is -2.47. The van der Waals surface area contributed by atoms with Crippen LogP contribution in [0.5, 0.6) is 17.2 Å². The van der Waals surface area contributed by atoms with Crippen LogP contribution in [-0.2, 0) is 0 Å². The van der Waals surface area contributed by atoms with E-state index in [1.807, 2.05) is 12.1 Å². The second kappa shape index (κ2) is 8.95. The van der Waals surface area contributed by atoms with Crippen LogP contribution < -0.4 is 13.3 Å². The molecular formula is C25H48O4Si3. The first kappa shape index (κ1) is 29.0. The van der Waals surface area contributed by atoms with Gasteiger partial charge in [-0.3, -0.25) is 4.79 Å². The molecule has 0 aliphatic rings. The van der Waals surface area contributed by atoms with Crippen LogP contribution >= 0.6 is 0 Å². The normalized spacial score (nSPS) is 14.2. The molecule has 7 heteroatoms. The fourth-order valence-corrected chi connectivity index (χ4v) is 5.21. The molecule has 0 aliphatic carbocycles. The zero-order valence-electron chi connectivity index (χ0n) is 23.4. The Morgan fingerprint density at radius 2 is 0.875 bits per heavy atom.